The number of hydrogen-bond acceptors (Lipinski definition) is 4. The SMILES string of the molecule is Cc1ccc(C)c(N(CCCC(=O)NCCSCc2ccccc2)S(C)(=O)=O)c1. The van der Waals surface area contributed by atoms with Crippen LogP contribution in [0.1, 0.15) is 29.5 Å². The molecule has 0 radical (unpaired) electrons. The molecule has 0 unspecified atom stereocenters. The van der Waals surface area contributed by atoms with Gasteiger partial charge in [-0.1, -0.05) is 42.5 Å². The molecule has 0 heterocycles. The normalized spacial score (nSPS) is 11.3. The van der Waals surface area contributed by atoms with Gasteiger partial charge in [-0.3, -0.25) is 9.10 Å². The smallest absolute Gasteiger partial charge is 0.232 e. The van der Waals surface area contributed by atoms with Crippen LogP contribution in [0, 0.1) is 13.8 Å². The molecule has 2 aromatic carbocycles. The van der Waals surface area contributed by atoms with Gasteiger partial charge < -0.3 is 5.32 Å². The Labute approximate surface area is 178 Å². The third-order valence-electron chi connectivity index (χ3n) is 4.48. The summed E-state index contributed by atoms with van der Waals surface area (Å²) in [6.07, 6.45) is 1.99. The van der Waals surface area contributed by atoms with Crippen molar-refractivity contribution in [2.75, 3.05) is 29.4 Å². The highest BCUT2D eigenvalue weighted by molar-refractivity contribution is 7.98. The number of aryl methyl sites for hydroxylation is 2. The van der Waals surface area contributed by atoms with Crippen LogP contribution in [0.5, 0.6) is 0 Å². The highest BCUT2D eigenvalue weighted by Crippen LogP contribution is 2.24. The summed E-state index contributed by atoms with van der Waals surface area (Å²) >= 11 is 1.78. The number of thioether (sulfide) groups is 1. The van der Waals surface area contributed by atoms with Gasteiger partial charge in [0.2, 0.25) is 15.9 Å². The molecular weight excluding hydrogens is 404 g/mol. The first kappa shape index (κ1) is 23.3. The number of hydrogen-bond donors (Lipinski definition) is 1. The van der Waals surface area contributed by atoms with Crippen molar-refractivity contribution < 1.29 is 13.2 Å². The zero-order valence-electron chi connectivity index (χ0n) is 17.3. The molecule has 1 amide bonds. The van der Waals surface area contributed by atoms with Crippen molar-refractivity contribution in [3.05, 3.63) is 65.2 Å². The highest BCUT2D eigenvalue weighted by atomic mass is 32.2. The van der Waals surface area contributed by atoms with Gasteiger partial charge >= 0.3 is 0 Å². The molecule has 2 aromatic rings. The molecule has 2 rings (SSSR count). The first-order valence-electron chi connectivity index (χ1n) is 9.70. The molecule has 1 N–H and O–H groups in total. The molecule has 158 valence electrons. The third-order valence-corrected chi connectivity index (χ3v) is 6.69. The van der Waals surface area contributed by atoms with E-state index in [2.05, 4.69) is 17.4 Å². The largest absolute Gasteiger partial charge is 0.355 e. The lowest BCUT2D eigenvalue weighted by Crippen LogP contribution is -2.33. The quantitative estimate of drug-likeness (QED) is 0.545. The lowest BCUT2D eigenvalue weighted by molar-refractivity contribution is -0.121. The fraction of sp³-hybridized carbons (Fsp3) is 0.409. The van der Waals surface area contributed by atoms with Gasteiger partial charge in [0.05, 0.1) is 11.9 Å². The monoisotopic (exact) mass is 434 g/mol. The van der Waals surface area contributed by atoms with E-state index in [-0.39, 0.29) is 5.91 Å². The molecule has 0 spiro atoms. The van der Waals surface area contributed by atoms with Crippen molar-refractivity contribution in [2.24, 2.45) is 0 Å². The van der Waals surface area contributed by atoms with Crippen LogP contribution in [-0.2, 0) is 20.6 Å². The summed E-state index contributed by atoms with van der Waals surface area (Å²) in [5, 5.41) is 2.91. The second-order valence-electron chi connectivity index (χ2n) is 7.12. The highest BCUT2D eigenvalue weighted by Gasteiger charge is 2.19. The summed E-state index contributed by atoms with van der Waals surface area (Å²) in [6, 6.07) is 16.0. The fourth-order valence-corrected chi connectivity index (χ4v) is 4.79. The van der Waals surface area contributed by atoms with E-state index < -0.39 is 10.0 Å². The Bertz CT molecular complexity index is 900. The molecule has 0 aromatic heterocycles. The minimum atomic E-state index is -3.41. The van der Waals surface area contributed by atoms with Gasteiger partial charge in [-0.05, 0) is 43.0 Å². The minimum absolute atomic E-state index is 0.0419. The molecule has 0 saturated carbocycles. The van der Waals surface area contributed by atoms with E-state index >= 15 is 0 Å². The van der Waals surface area contributed by atoms with Crippen LogP contribution in [0.4, 0.5) is 5.69 Å². The van der Waals surface area contributed by atoms with Crippen LogP contribution < -0.4 is 9.62 Å². The van der Waals surface area contributed by atoms with Crippen molar-refractivity contribution in [3.63, 3.8) is 0 Å². The Hall–Kier alpha value is -1.99. The number of benzene rings is 2. The molecule has 0 fully saturated rings. The summed E-state index contributed by atoms with van der Waals surface area (Å²) in [5.74, 6) is 1.73. The van der Waals surface area contributed by atoms with Crippen LogP contribution in [0.3, 0.4) is 0 Å². The molecule has 0 aliphatic heterocycles. The molecule has 0 saturated heterocycles. The fourth-order valence-electron chi connectivity index (χ4n) is 2.95. The van der Waals surface area contributed by atoms with Crippen molar-refractivity contribution in [2.45, 2.75) is 32.4 Å². The Kier molecular flexibility index (Phi) is 9.04. The number of nitrogens with zero attached hydrogens (tertiary/aromatic N) is 1. The Morgan fingerprint density at radius 2 is 1.83 bits per heavy atom. The van der Waals surface area contributed by atoms with E-state index in [4.69, 9.17) is 0 Å². The summed E-state index contributed by atoms with van der Waals surface area (Å²) < 4.78 is 25.9. The van der Waals surface area contributed by atoms with Crippen LogP contribution >= 0.6 is 11.8 Å². The molecule has 7 heteroatoms. The molecule has 0 bridgehead atoms. The molecular formula is C22H30N2O3S2. The first-order valence-corrected chi connectivity index (χ1v) is 12.7. The third kappa shape index (κ3) is 8.11. The van der Waals surface area contributed by atoms with Gasteiger partial charge in [-0.15, -0.1) is 0 Å². The van der Waals surface area contributed by atoms with Crippen LogP contribution in [0.25, 0.3) is 0 Å². The molecule has 0 aliphatic carbocycles. The molecule has 0 atom stereocenters. The average molecular weight is 435 g/mol. The number of rotatable bonds is 11. The maximum Gasteiger partial charge on any atom is 0.232 e. The van der Waals surface area contributed by atoms with E-state index in [0.717, 1.165) is 22.6 Å². The topological polar surface area (TPSA) is 66.5 Å². The van der Waals surface area contributed by atoms with Crippen molar-refractivity contribution in [3.8, 4) is 0 Å². The van der Waals surface area contributed by atoms with Crippen LogP contribution in [0.15, 0.2) is 48.5 Å². The lowest BCUT2D eigenvalue weighted by Gasteiger charge is -2.24. The lowest BCUT2D eigenvalue weighted by atomic mass is 10.1. The number of carbonyl (C=O) groups is 1. The summed E-state index contributed by atoms with van der Waals surface area (Å²) in [4.78, 5) is 12.1. The van der Waals surface area contributed by atoms with E-state index in [1.165, 1.54) is 16.1 Å². The number of amides is 1. The number of carbonyl (C=O) groups excluding carboxylic acids is 1. The van der Waals surface area contributed by atoms with Gasteiger partial charge in [0.15, 0.2) is 0 Å². The van der Waals surface area contributed by atoms with Crippen LogP contribution in [-0.4, -0.2) is 39.4 Å². The molecule has 5 nitrogen and oxygen atoms in total. The zero-order valence-corrected chi connectivity index (χ0v) is 19.0. The molecule has 0 aliphatic rings. The van der Waals surface area contributed by atoms with Crippen molar-refractivity contribution >= 4 is 33.4 Å². The maximum absolute atomic E-state index is 12.3. The Morgan fingerprint density at radius 1 is 1.10 bits per heavy atom. The predicted octanol–water partition coefficient (Wildman–Crippen LogP) is 3.90. The number of anilines is 1. The van der Waals surface area contributed by atoms with Crippen LogP contribution in [0.2, 0.25) is 0 Å². The number of sulfonamides is 1. The summed E-state index contributed by atoms with van der Waals surface area (Å²) in [7, 11) is -3.41. The maximum atomic E-state index is 12.3. The van der Waals surface area contributed by atoms with Gasteiger partial charge in [-0.2, -0.15) is 11.8 Å². The summed E-state index contributed by atoms with van der Waals surface area (Å²) in [5.41, 5.74) is 3.87. The van der Waals surface area contributed by atoms with Crippen molar-refractivity contribution in [1.29, 1.82) is 0 Å². The van der Waals surface area contributed by atoms with Gasteiger partial charge in [-0.25, -0.2) is 8.42 Å². The molecule has 29 heavy (non-hydrogen) atoms. The van der Waals surface area contributed by atoms with E-state index in [1.54, 1.807) is 11.8 Å². The standard InChI is InChI=1S/C22H30N2O3S2/c1-18-11-12-19(2)21(16-18)24(29(3,26)27)14-7-10-22(25)23-13-15-28-17-20-8-5-4-6-9-20/h4-6,8-9,11-12,16H,7,10,13-15,17H2,1-3H3,(H,23,25). The zero-order chi connectivity index (χ0) is 21.3. The Morgan fingerprint density at radius 3 is 2.52 bits per heavy atom. The van der Waals surface area contributed by atoms with Gasteiger partial charge in [0, 0.05) is 31.0 Å². The second kappa shape index (κ2) is 11.3. The first-order chi connectivity index (χ1) is 13.8. The number of nitrogens with one attached hydrogen (secondary N) is 1. The summed E-state index contributed by atoms with van der Waals surface area (Å²) in [6.45, 7) is 4.74. The average Bonchev–Trinajstić information content (AvgIpc) is 2.67. The van der Waals surface area contributed by atoms with E-state index in [9.17, 15) is 13.2 Å². The van der Waals surface area contributed by atoms with E-state index in [0.29, 0.717) is 31.6 Å². The van der Waals surface area contributed by atoms with Gasteiger partial charge in [0.25, 0.3) is 0 Å². The minimum Gasteiger partial charge on any atom is -0.355 e. The van der Waals surface area contributed by atoms with E-state index in [1.807, 2.05) is 50.2 Å². The van der Waals surface area contributed by atoms with Crippen molar-refractivity contribution in [1.82, 2.24) is 5.32 Å². The second-order valence-corrected chi connectivity index (χ2v) is 10.1. The Balaban J connectivity index is 1.74. The predicted molar refractivity (Wildman–Crippen MR) is 123 cm³/mol. The van der Waals surface area contributed by atoms with Gasteiger partial charge in [0.1, 0.15) is 0 Å².